The Morgan fingerprint density at radius 1 is 0.913 bits per heavy atom. The number of hydrogen-bond acceptors (Lipinski definition) is 3. The highest BCUT2D eigenvalue weighted by Gasteiger charge is 2.17. The predicted molar refractivity (Wildman–Crippen MR) is 94.5 cm³/mol. The molecule has 1 atom stereocenters. The summed E-state index contributed by atoms with van der Waals surface area (Å²) >= 11 is 0. The molecule has 0 spiro atoms. The van der Waals surface area contributed by atoms with Crippen molar-refractivity contribution in [2.75, 3.05) is 6.61 Å². The molecule has 1 aromatic carbocycles. The minimum atomic E-state index is -0.536. The van der Waals surface area contributed by atoms with Crippen LogP contribution in [0, 0.1) is 0 Å². The number of rotatable bonds is 12. The van der Waals surface area contributed by atoms with Gasteiger partial charge in [0, 0.05) is 0 Å². The molecule has 23 heavy (non-hydrogen) atoms. The van der Waals surface area contributed by atoms with Crippen LogP contribution in [0.25, 0.3) is 0 Å². The van der Waals surface area contributed by atoms with Crippen LogP contribution in [0.2, 0.25) is 0 Å². The smallest absolute Gasteiger partial charge is 0.434 e. The molecule has 0 aliphatic heterocycles. The third-order valence-corrected chi connectivity index (χ3v) is 3.95. The molecule has 0 amide bonds. The van der Waals surface area contributed by atoms with Crippen molar-refractivity contribution in [2.45, 2.75) is 77.7 Å². The zero-order valence-corrected chi connectivity index (χ0v) is 14.8. The summed E-state index contributed by atoms with van der Waals surface area (Å²) in [4.78, 5) is 11.9. The monoisotopic (exact) mass is 320 g/mol. The Labute approximate surface area is 141 Å². The van der Waals surface area contributed by atoms with Gasteiger partial charge in [-0.25, -0.2) is 4.79 Å². The highest BCUT2D eigenvalue weighted by molar-refractivity contribution is 5.60. The molecule has 0 N–H and O–H groups in total. The van der Waals surface area contributed by atoms with Crippen molar-refractivity contribution in [1.82, 2.24) is 0 Å². The number of unbranched alkanes of at least 4 members (excludes halogenated alkanes) is 6. The van der Waals surface area contributed by atoms with E-state index in [1.165, 1.54) is 32.1 Å². The maximum absolute atomic E-state index is 11.9. The van der Waals surface area contributed by atoms with E-state index in [2.05, 4.69) is 13.8 Å². The lowest BCUT2D eigenvalue weighted by atomic mass is 10.0. The van der Waals surface area contributed by atoms with Crippen molar-refractivity contribution in [2.24, 2.45) is 0 Å². The maximum atomic E-state index is 11.9. The fraction of sp³-hybridized carbons (Fsp3) is 0.650. The van der Waals surface area contributed by atoms with E-state index in [1.54, 1.807) is 0 Å². The van der Waals surface area contributed by atoms with Crippen molar-refractivity contribution in [1.29, 1.82) is 0 Å². The Balaban J connectivity index is 2.40. The number of carbonyl (C=O) groups excluding carboxylic acids is 1. The Morgan fingerprint density at radius 2 is 1.57 bits per heavy atom. The second-order valence-corrected chi connectivity index (χ2v) is 6.03. The predicted octanol–water partition coefficient (Wildman–Crippen LogP) is 6.43. The summed E-state index contributed by atoms with van der Waals surface area (Å²) in [5, 5.41) is 0. The first-order valence-electron chi connectivity index (χ1n) is 9.16. The van der Waals surface area contributed by atoms with E-state index in [0.717, 1.165) is 31.2 Å². The molecule has 0 saturated heterocycles. The first-order chi connectivity index (χ1) is 11.3. The molecular formula is C20H32O3. The van der Waals surface area contributed by atoms with Gasteiger partial charge in [-0.2, -0.15) is 0 Å². The quantitative estimate of drug-likeness (QED) is 0.329. The Morgan fingerprint density at radius 3 is 2.22 bits per heavy atom. The van der Waals surface area contributed by atoms with E-state index < -0.39 is 6.16 Å². The van der Waals surface area contributed by atoms with Gasteiger partial charge < -0.3 is 9.47 Å². The second kappa shape index (κ2) is 13.0. The van der Waals surface area contributed by atoms with Crippen LogP contribution in [0.5, 0.6) is 0 Å². The normalized spacial score (nSPS) is 11.9. The number of carbonyl (C=O) groups is 1. The summed E-state index contributed by atoms with van der Waals surface area (Å²) in [5.74, 6) is 0. The molecule has 0 bridgehead atoms. The molecule has 0 aliphatic rings. The highest BCUT2D eigenvalue weighted by atomic mass is 16.7. The third-order valence-electron chi connectivity index (χ3n) is 3.95. The van der Waals surface area contributed by atoms with Gasteiger partial charge in [-0.15, -0.1) is 0 Å². The Bertz CT molecular complexity index is 403. The summed E-state index contributed by atoms with van der Waals surface area (Å²) in [5.41, 5.74) is 1.05. The van der Waals surface area contributed by atoms with Crippen molar-refractivity contribution in [3.05, 3.63) is 35.9 Å². The summed E-state index contributed by atoms with van der Waals surface area (Å²) in [6.45, 7) is 4.81. The van der Waals surface area contributed by atoms with Gasteiger partial charge in [0.2, 0.25) is 0 Å². The summed E-state index contributed by atoms with van der Waals surface area (Å²) in [7, 11) is 0. The summed E-state index contributed by atoms with van der Waals surface area (Å²) < 4.78 is 10.8. The molecule has 1 rings (SSSR count). The molecule has 0 saturated carbocycles. The molecule has 1 aromatic rings. The van der Waals surface area contributed by atoms with Crippen molar-refractivity contribution in [3.8, 4) is 0 Å². The molecule has 130 valence electrons. The molecule has 0 aromatic heterocycles. The highest BCUT2D eigenvalue weighted by Crippen LogP contribution is 2.24. The van der Waals surface area contributed by atoms with Gasteiger partial charge in [-0.05, 0) is 24.8 Å². The molecule has 1 unspecified atom stereocenters. The van der Waals surface area contributed by atoms with Gasteiger partial charge in [0.05, 0.1) is 6.61 Å². The molecule has 3 heteroatoms. The largest absolute Gasteiger partial charge is 0.508 e. The van der Waals surface area contributed by atoms with Crippen LogP contribution in [0.1, 0.15) is 83.3 Å². The van der Waals surface area contributed by atoms with Crippen molar-refractivity contribution >= 4 is 6.16 Å². The zero-order valence-electron chi connectivity index (χ0n) is 14.8. The van der Waals surface area contributed by atoms with Crippen LogP contribution in [0.15, 0.2) is 30.3 Å². The lowest BCUT2D eigenvalue weighted by Gasteiger charge is -2.18. The van der Waals surface area contributed by atoms with Crippen molar-refractivity contribution in [3.63, 3.8) is 0 Å². The zero-order chi connectivity index (χ0) is 16.8. The molecular weight excluding hydrogens is 288 g/mol. The lowest BCUT2D eigenvalue weighted by molar-refractivity contribution is 0.0182. The Hall–Kier alpha value is -1.51. The lowest BCUT2D eigenvalue weighted by Crippen LogP contribution is -2.14. The van der Waals surface area contributed by atoms with Crippen LogP contribution in [-0.2, 0) is 9.47 Å². The van der Waals surface area contributed by atoms with E-state index in [4.69, 9.17) is 9.47 Å². The summed E-state index contributed by atoms with van der Waals surface area (Å²) in [6.07, 6.45) is 9.17. The third kappa shape index (κ3) is 9.27. The number of ether oxygens (including phenoxy) is 2. The van der Waals surface area contributed by atoms with Crippen LogP contribution in [0.4, 0.5) is 4.79 Å². The van der Waals surface area contributed by atoms with Crippen LogP contribution in [0.3, 0.4) is 0 Å². The average molecular weight is 320 g/mol. The topological polar surface area (TPSA) is 35.5 Å². The van der Waals surface area contributed by atoms with E-state index in [9.17, 15) is 4.79 Å². The number of hydrogen-bond donors (Lipinski definition) is 0. The van der Waals surface area contributed by atoms with Gasteiger partial charge in [0.15, 0.2) is 0 Å². The Kier molecular flexibility index (Phi) is 11.0. The average Bonchev–Trinajstić information content (AvgIpc) is 2.58. The van der Waals surface area contributed by atoms with E-state index in [0.29, 0.717) is 6.61 Å². The van der Waals surface area contributed by atoms with Gasteiger partial charge in [-0.1, -0.05) is 82.7 Å². The van der Waals surface area contributed by atoms with Crippen LogP contribution in [-0.4, -0.2) is 12.8 Å². The fourth-order valence-corrected chi connectivity index (χ4v) is 2.55. The standard InChI is InChI=1S/C20H32O3/c1-3-5-7-12-16-19(18-14-10-9-11-15-18)23-20(21)22-17-13-8-6-4-2/h9-11,14-15,19H,3-8,12-13,16-17H2,1-2H3. The van der Waals surface area contributed by atoms with Crippen LogP contribution < -0.4 is 0 Å². The minimum Gasteiger partial charge on any atom is -0.434 e. The number of benzene rings is 1. The van der Waals surface area contributed by atoms with Gasteiger partial charge in [-0.3, -0.25) is 0 Å². The molecule has 0 radical (unpaired) electrons. The molecule has 0 heterocycles. The van der Waals surface area contributed by atoms with E-state index in [-0.39, 0.29) is 6.10 Å². The first-order valence-corrected chi connectivity index (χ1v) is 9.16. The minimum absolute atomic E-state index is 0.198. The molecule has 3 nitrogen and oxygen atoms in total. The van der Waals surface area contributed by atoms with Gasteiger partial charge >= 0.3 is 6.16 Å². The van der Waals surface area contributed by atoms with Crippen LogP contribution >= 0.6 is 0 Å². The molecule has 0 aliphatic carbocycles. The van der Waals surface area contributed by atoms with E-state index in [1.807, 2.05) is 30.3 Å². The SMILES string of the molecule is CCCCCCOC(=O)OC(CCCCCC)c1ccccc1. The van der Waals surface area contributed by atoms with Gasteiger partial charge in [0.25, 0.3) is 0 Å². The first kappa shape index (κ1) is 19.5. The summed E-state index contributed by atoms with van der Waals surface area (Å²) in [6, 6.07) is 9.96. The molecule has 0 fully saturated rings. The van der Waals surface area contributed by atoms with Crippen molar-refractivity contribution < 1.29 is 14.3 Å². The van der Waals surface area contributed by atoms with Gasteiger partial charge in [0.1, 0.15) is 6.10 Å². The fourth-order valence-electron chi connectivity index (χ4n) is 2.55. The second-order valence-electron chi connectivity index (χ2n) is 6.03. The maximum Gasteiger partial charge on any atom is 0.508 e. The van der Waals surface area contributed by atoms with E-state index >= 15 is 0 Å².